The van der Waals surface area contributed by atoms with Crippen molar-refractivity contribution in [3.63, 3.8) is 0 Å². The summed E-state index contributed by atoms with van der Waals surface area (Å²) in [4.78, 5) is 26.4. The van der Waals surface area contributed by atoms with Crippen molar-refractivity contribution in [2.24, 2.45) is 0 Å². The molecule has 1 amide bonds. The normalized spacial score (nSPS) is 16.0. The Labute approximate surface area is 158 Å². The second kappa shape index (κ2) is 7.03. The molecule has 0 spiro atoms. The highest BCUT2D eigenvalue weighted by Gasteiger charge is 2.35. The second-order valence-corrected chi connectivity index (χ2v) is 6.41. The van der Waals surface area contributed by atoms with Crippen molar-refractivity contribution in [2.75, 3.05) is 35.8 Å². The van der Waals surface area contributed by atoms with E-state index < -0.39 is 0 Å². The van der Waals surface area contributed by atoms with Crippen LogP contribution in [0.2, 0.25) is 0 Å². The van der Waals surface area contributed by atoms with Gasteiger partial charge in [-0.15, -0.1) is 0 Å². The Morgan fingerprint density at radius 3 is 2.59 bits per heavy atom. The lowest BCUT2D eigenvalue weighted by molar-refractivity contribution is -0.119. The van der Waals surface area contributed by atoms with Gasteiger partial charge in [-0.25, -0.2) is 4.98 Å². The van der Waals surface area contributed by atoms with Crippen LogP contribution < -0.4 is 14.7 Å². The summed E-state index contributed by atoms with van der Waals surface area (Å²) in [6.45, 7) is 1.96. The number of rotatable bonds is 3. The molecule has 0 radical (unpaired) electrons. The van der Waals surface area contributed by atoms with Gasteiger partial charge in [0.05, 0.1) is 17.8 Å². The maximum absolute atomic E-state index is 12.5. The fraction of sp³-hybridized carbons (Fsp3) is 0.316. The molecular formula is C19H21N7O. The summed E-state index contributed by atoms with van der Waals surface area (Å²) in [6.07, 6.45) is 2.29. The van der Waals surface area contributed by atoms with Crippen molar-refractivity contribution in [2.45, 2.75) is 19.4 Å². The summed E-state index contributed by atoms with van der Waals surface area (Å²) in [7, 11) is 5.29. The summed E-state index contributed by atoms with van der Waals surface area (Å²) in [6, 6.07) is 8.59. The van der Waals surface area contributed by atoms with Crippen LogP contribution in [0.25, 0.3) is 0 Å². The van der Waals surface area contributed by atoms with Crippen LogP contribution in [-0.2, 0) is 4.79 Å². The summed E-state index contributed by atoms with van der Waals surface area (Å²) in [5.41, 5.74) is 1.85. The molecule has 2 aromatic rings. The third-order valence-electron chi connectivity index (χ3n) is 4.83. The monoisotopic (exact) mass is 363 g/mol. The smallest absolute Gasteiger partial charge is 0.249 e. The number of benzene rings is 1. The molecule has 1 aromatic carbocycles. The molecule has 1 atom stereocenters. The molecule has 1 N–H and O–H groups in total. The second-order valence-electron chi connectivity index (χ2n) is 6.41. The zero-order valence-corrected chi connectivity index (χ0v) is 15.8. The van der Waals surface area contributed by atoms with E-state index in [0.717, 1.165) is 0 Å². The van der Waals surface area contributed by atoms with Crippen molar-refractivity contribution < 1.29 is 4.79 Å². The zero-order chi connectivity index (χ0) is 19.7. The van der Waals surface area contributed by atoms with Gasteiger partial charge in [0.2, 0.25) is 11.9 Å². The number of nitrogens with zero attached hydrogens (tertiary/aromatic N) is 6. The lowest BCUT2D eigenvalue weighted by Crippen LogP contribution is -2.51. The highest BCUT2D eigenvalue weighted by molar-refractivity contribution is 6.07. The third-order valence-corrected chi connectivity index (χ3v) is 4.83. The minimum atomic E-state index is -0.270. The van der Waals surface area contributed by atoms with E-state index >= 15 is 0 Å². The van der Waals surface area contributed by atoms with Gasteiger partial charge in [0.25, 0.3) is 0 Å². The molecule has 0 aliphatic carbocycles. The highest BCUT2D eigenvalue weighted by Crippen LogP contribution is 2.34. The summed E-state index contributed by atoms with van der Waals surface area (Å²) in [5.74, 6) is 1.26. The van der Waals surface area contributed by atoms with Gasteiger partial charge in [-0.1, -0.05) is 6.92 Å². The van der Waals surface area contributed by atoms with Crippen molar-refractivity contribution >= 4 is 29.2 Å². The van der Waals surface area contributed by atoms with Crippen molar-refractivity contribution in [3.8, 4) is 6.07 Å². The standard InChI is InChI=1S/C19H21N7O/c1-5-14-18(27)25(3)15-11-22-19(23-17(15)24(14)2)26(4)16(21)13-8-6-12(10-20)7-9-13/h6-9,11,14,21H,5H2,1-4H3. The van der Waals surface area contributed by atoms with E-state index in [-0.39, 0.29) is 17.8 Å². The molecule has 8 nitrogen and oxygen atoms in total. The fourth-order valence-corrected chi connectivity index (χ4v) is 3.12. The number of carbonyl (C=O) groups excluding carboxylic acids is 1. The number of anilines is 3. The van der Waals surface area contributed by atoms with Crippen LogP contribution in [0.4, 0.5) is 17.5 Å². The van der Waals surface area contributed by atoms with E-state index in [2.05, 4.69) is 16.0 Å². The molecule has 1 aliphatic rings. The van der Waals surface area contributed by atoms with Gasteiger partial charge in [-0.2, -0.15) is 10.2 Å². The molecular weight excluding hydrogens is 342 g/mol. The molecule has 0 saturated heterocycles. The summed E-state index contributed by atoms with van der Waals surface area (Å²) >= 11 is 0. The van der Waals surface area contributed by atoms with E-state index in [1.165, 1.54) is 0 Å². The number of fused-ring (bicyclic) bond motifs is 1. The Kier molecular flexibility index (Phi) is 4.77. The lowest BCUT2D eigenvalue weighted by atomic mass is 10.1. The Balaban J connectivity index is 1.94. The third kappa shape index (κ3) is 3.08. The Hall–Kier alpha value is -3.47. The van der Waals surface area contributed by atoms with Gasteiger partial charge in [-0.05, 0) is 30.7 Å². The fourth-order valence-electron chi connectivity index (χ4n) is 3.12. The molecule has 0 bridgehead atoms. The molecule has 138 valence electrons. The molecule has 1 aliphatic heterocycles. The molecule has 27 heavy (non-hydrogen) atoms. The Bertz CT molecular complexity index is 932. The predicted molar refractivity (Wildman–Crippen MR) is 104 cm³/mol. The first-order valence-electron chi connectivity index (χ1n) is 8.59. The topological polar surface area (TPSA) is 100 Å². The SMILES string of the molecule is CCC1C(=O)N(C)c2cnc(N(C)C(=N)c3ccc(C#N)cc3)nc2N1C. The Morgan fingerprint density at radius 2 is 2.00 bits per heavy atom. The van der Waals surface area contributed by atoms with Gasteiger partial charge in [-0.3, -0.25) is 15.1 Å². The average Bonchev–Trinajstić information content (AvgIpc) is 2.71. The van der Waals surface area contributed by atoms with E-state index in [1.807, 2.05) is 18.9 Å². The van der Waals surface area contributed by atoms with Gasteiger partial charge < -0.3 is 9.80 Å². The number of amides is 1. The number of likely N-dealkylation sites (N-methyl/N-ethyl adjacent to an activating group) is 2. The minimum Gasteiger partial charge on any atom is -0.346 e. The van der Waals surface area contributed by atoms with Crippen LogP contribution in [0.15, 0.2) is 30.5 Å². The van der Waals surface area contributed by atoms with Gasteiger partial charge in [0, 0.05) is 26.7 Å². The molecule has 8 heteroatoms. The first-order chi connectivity index (χ1) is 12.9. The molecule has 2 heterocycles. The summed E-state index contributed by atoms with van der Waals surface area (Å²) in [5, 5.41) is 17.3. The highest BCUT2D eigenvalue weighted by atomic mass is 16.2. The van der Waals surface area contributed by atoms with Crippen LogP contribution in [0, 0.1) is 16.7 Å². The van der Waals surface area contributed by atoms with Gasteiger partial charge in [0.1, 0.15) is 17.6 Å². The van der Waals surface area contributed by atoms with Crippen LogP contribution in [-0.4, -0.2) is 48.9 Å². The number of hydrogen-bond donors (Lipinski definition) is 1. The molecule has 0 saturated carbocycles. The molecule has 1 aromatic heterocycles. The average molecular weight is 363 g/mol. The lowest BCUT2D eigenvalue weighted by Gasteiger charge is -2.38. The van der Waals surface area contributed by atoms with Crippen molar-refractivity contribution in [1.82, 2.24) is 9.97 Å². The number of nitriles is 1. The van der Waals surface area contributed by atoms with Gasteiger partial charge in [0.15, 0.2) is 5.82 Å². The molecule has 0 fully saturated rings. The predicted octanol–water partition coefficient (Wildman–Crippen LogP) is 2.00. The van der Waals surface area contributed by atoms with Crippen LogP contribution in [0.3, 0.4) is 0 Å². The van der Waals surface area contributed by atoms with E-state index in [4.69, 9.17) is 10.7 Å². The maximum atomic E-state index is 12.5. The minimum absolute atomic E-state index is 0.0162. The number of hydrogen-bond acceptors (Lipinski definition) is 6. The zero-order valence-electron chi connectivity index (χ0n) is 15.8. The van der Waals surface area contributed by atoms with Gasteiger partial charge >= 0.3 is 0 Å². The quantitative estimate of drug-likeness (QED) is 0.661. The van der Waals surface area contributed by atoms with Crippen molar-refractivity contribution in [3.05, 3.63) is 41.6 Å². The Morgan fingerprint density at radius 1 is 1.33 bits per heavy atom. The van der Waals surface area contributed by atoms with E-state index in [9.17, 15) is 4.79 Å². The molecule has 3 rings (SSSR count). The number of nitrogens with one attached hydrogen (secondary N) is 1. The summed E-state index contributed by atoms with van der Waals surface area (Å²) < 4.78 is 0. The largest absolute Gasteiger partial charge is 0.346 e. The number of amidine groups is 1. The van der Waals surface area contributed by atoms with Crippen molar-refractivity contribution in [1.29, 1.82) is 10.7 Å². The molecule has 1 unspecified atom stereocenters. The number of aromatic nitrogens is 2. The van der Waals surface area contributed by atoms with Crippen LogP contribution in [0.5, 0.6) is 0 Å². The number of carbonyl (C=O) groups is 1. The van der Waals surface area contributed by atoms with Crippen LogP contribution >= 0.6 is 0 Å². The maximum Gasteiger partial charge on any atom is 0.249 e. The van der Waals surface area contributed by atoms with Crippen LogP contribution in [0.1, 0.15) is 24.5 Å². The van der Waals surface area contributed by atoms with E-state index in [1.54, 1.807) is 54.4 Å². The van der Waals surface area contributed by atoms with E-state index in [0.29, 0.717) is 35.0 Å². The first kappa shape index (κ1) is 18.3. The first-order valence-corrected chi connectivity index (χ1v) is 8.59.